The SMILES string of the molecule is Cc1cc(NC(=O)NC2CCC2)ccc1Br. The number of nitrogens with one attached hydrogen (secondary N) is 2. The van der Waals surface area contributed by atoms with Crippen LogP contribution in [0.25, 0.3) is 0 Å². The number of carbonyl (C=O) groups excluding carboxylic acids is 1. The van der Waals surface area contributed by atoms with Crippen LogP contribution >= 0.6 is 15.9 Å². The zero-order valence-corrected chi connectivity index (χ0v) is 10.8. The van der Waals surface area contributed by atoms with Crippen LogP contribution in [0.3, 0.4) is 0 Å². The lowest BCUT2D eigenvalue weighted by molar-refractivity contribution is 0.240. The Labute approximate surface area is 104 Å². The molecule has 1 aliphatic carbocycles. The molecule has 1 saturated carbocycles. The van der Waals surface area contributed by atoms with Crippen LogP contribution in [0.1, 0.15) is 24.8 Å². The highest BCUT2D eigenvalue weighted by Crippen LogP contribution is 2.21. The van der Waals surface area contributed by atoms with Gasteiger partial charge in [-0.1, -0.05) is 15.9 Å². The lowest BCUT2D eigenvalue weighted by atomic mass is 9.93. The molecule has 0 radical (unpaired) electrons. The molecule has 4 heteroatoms. The van der Waals surface area contributed by atoms with Gasteiger partial charge in [-0.3, -0.25) is 0 Å². The Hall–Kier alpha value is -1.03. The summed E-state index contributed by atoms with van der Waals surface area (Å²) in [6.45, 7) is 2.00. The summed E-state index contributed by atoms with van der Waals surface area (Å²) < 4.78 is 1.05. The van der Waals surface area contributed by atoms with Gasteiger partial charge in [0.15, 0.2) is 0 Å². The molecule has 2 rings (SSSR count). The molecule has 2 N–H and O–H groups in total. The van der Waals surface area contributed by atoms with Crippen LogP contribution in [0, 0.1) is 6.92 Å². The number of rotatable bonds is 2. The molecule has 86 valence electrons. The van der Waals surface area contributed by atoms with Gasteiger partial charge in [0.2, 0.25) is 0 Å². The number of hydrogen-bond donors (Lipinski definition) is 2. The van der Waals surface area contributed by atoms with Crippen LogP contribution in [0.15, 0.2) is 22.7 Å². The van der Waals surface area contributed by atoms with Crippen LogP contribution in [0.4, 0.5) is 10.5 Å². The van der Waals surface area contributed by atoms with E-state index in [0.29, 0.717) is 6.04 Å². The monoisotopic (exact) mass is 282 g/mol. The Bertz CT molecular complexity index is 402. The number of hydrogen-bond acceptors (Lipinski definition) is 1. The highest BCUT2D eigenvalue weighted by Gasteiger charge is 2.19. The first-order valence-corrected chi connectivity index (χ1v) is 6.28. The van der Waals surface area contributed by atoms with Gasteiger partial charge in [0.05, 0.1) is 0 Å². The van der Waals surface area contributed by atoms with E-state index in [9.17, 15) is 4.79 Å². The zero-order valence-electron chi connectivity index (χ0n) is 9.22. The van der Waals surface area contributed by atoms with E-state index >= 15 is 0 Å². The van der Waals surface area contributed by atoms with Crippen molar-refractivity contribution >= 4 is 27.6 Å². The lowest BCUT2D eigenvalue weighted by Gasteiger charge is -2.26. The molecule has 3 nitrogen and oxygen atoms in total. The van der Waals surface area contributed by atoms with Crippen molar-refractivity contribution in [1.82, 2.24) is 5.32 Å². The molecular formula is C12H15BrN2O. The van der Waals surface area contributed by atoms with Crippen molar-refractivity contribution in [2.75, 3.05) is 5.32 Å². The van der Waals surface area contributed by atoms with Crippen molar-refractivity contribution in [1.29, 1.82) is 0 Å². The number of halogens is 1. The molecule has 0 saturated heterocycles. The summed E-state index contributed by atoms with van der Waals surface area (Å²) in [7, 11) is 0. The largest absolute Gasteiger partial charge is 0.335 e. The molecule has 1 fully saturated rings. The summed E-state index contributed by atoms with van der Waals surface area (Å²) in [6.07, 6.45) is 3.43. The molecule has 16 heavy (non-hydrogen) atoms. The van der Waals surface area contributed by atoms with E-state index in [0.717, 1.165) is 28.6 Å². The van der Waals surface area contributed by atoms with Crippen LogP contribution in [-0.2, 0) is 0 Å². The fourth-order valence-electron chi connectivity index (χ4n) is 1.63. The van der Waals surface area contributed by atoms with E-state index in [4.69, 9.17) is 0 Å². The number of aryl methyl sites for hydroxylation is 1. The third-order valence-electron chi connectivity index (χ3n) is 2.86. The van der Waals surface area contributed by atoms with Gasteiger partial charge in [-0.05, 0) is 49.9 Å². The third-order valence-corrected chi connectivity index (χ3v) is 3.75. The molecule has 1 aromatic carbocycles. The van der Waals surface area contributed by atoms with Gasteiger partial charge in [0.1, 0.15) is 0 Å². The smallest absolute Gasteiger partial charge is 0.319 e. The Balaban J connectivity index is 1.92. The first-order chi connectivity index (χ1) is 7.65. The molecule has 0 aromatic heterocycles. The number of urea groups is 1. The highest BCUT2D eigenvalue weighted by molar-refractivity contribution is 9.10. The fraction of sp³-hybridized carbons (Fsp3) is 0.417. The maximum atomic E-state index is 11.6. The second-order valence-corrected chi connectivity index (χ2v) is 5.04. The van der Waals surface area contributed by atoms with E-state index in [-0.39, 0.29) is 6.03 Å². The van der Waals surface area contributed by atoms with E-state index in [1.54, 1.807) is 0 Å². The maximum Gasteiger partial charge on any atom is 0.319 e. The molecule has 0 aliphatic heterocycles. The van der Waals surface area contributed by atoms with Gasteiger partial charge in [0, 0.05) is 16.2 Å². The number of benzene rings is 1. The normalized spacial score (nSPS) is 15.4. The molecule has 0 unspecified atom stereocenters. The van der Waals surface area contributed by atoms with E-state index < -0.39 is 0 Å². The first kappa shape index (κ1) is 11.5. The standard InChI is InChI=1S/C12H15BrN2O/c1-8-7-10(5-6-11(8)13)15-12(16)14-9-3-2-4-9/h5-7,9H,2-4H2,1H3,(H2,14,15,16). The fourth-order valence-corrected chi connectivity index (χ4v) is 1.87. The summed E-state index contributed by atoms with van der Waals surface area (Å²) in [6, 6.07) is 6.04. The molecule has 0 atom stereocenters. The first-order valence-electron chi connectivity index (χ1n) is 5.49. The summed E-state index contributed by atoms with van der Waals surface area (Å²) in [5.41, 5.74) is 1.94. The molecule has 0 spiro atoms. The Kier molecular flexibility index (Phi) is 3.49. The lowest BCUT2D eigenvalue weighted by Crippen LogP contribution is -2.41. The number of amides is 2. The average molecular weight is 283 g/mol. The average Bonchev–Trinajstić information content (AvgIpc) is 2.18. The van der Waals surface area contributed by atoms with Crippen molar-refractivity contribution < 1.29 is 4.79 Å². The predicted octanol–water partition coefficient (Wildman–Crippen LogP) is 3.43. The molecule has 1 aromatic rings. The van der Waals surface area contributed by atoms with Gasteiger partial charge in [-0.15, -0.1) is 0 Å². The van der Waals surface area contributed by atoms with Gasteiger partial charge in [-0.2, -0.15) is 0 Å². The maximum absolute atomic E-state index is 11.6. The Morgan fingerprint density at radius 3 is 2.75 bits per heavy atom. The minimum Gasteiger partial charge on any atom is -0.335 e. The van der Waals surface area contributed by atoms with Crippen molar-refractivity contribution in [2.24, 2.45) is 0 Å². The van der Waals surface area contributed by atoms with Crippen LogP contribution < -0.4 is 10.6 Å². The summed E-state index contributed by atoms with van der Waals surface area (Å²) in [5.74, 6) is 0. The molecule has 1 aliphatic rings. The van der Waals surface area contributed by atoms with Crippen molar-refractivity contribution in [2.45, 2.75) is 32.2 Å². The second-order valence-electron chi connectivity index (χ2n) is 4.19. The molecular weight excluding hydrogens is 268 g/mol. The van der Waals surface area contributed by atoms with E-state index in [1.807, 2.05) is 25.1 Å². The summed E-state index contributed by atoms with van der Waals surface area (Å²) in [4.78, 5) is 11.6. The van der Waals surface area contributed by atoms with Crippen LogP contribution in [-0.4, -0.2) is 12.1 Å². The van der Waals surface area contributed by atoms with Crippen molar-refractivity contribution in [3.8, 4) is 0 Å². The van der Waals surface area contributed by atoms with Crippen LogP contribution in [0.2, 0.25) is 0 Å². The minimum absolute atomic E-state index is 0.105. The van der Waals surface area contributed by atoms with Gasteiger partial charge in [-0.25, -0.2) is 4.79 Å². The predicted molar refractivity (Wildman–Crippen MR) is 68.7 cm³/mol. The Morgan fingerprint density at radius 2 is 2.19 bits per heavy atom. The van der Waals surface area contributed by atoms with Gasteiger partial charge < -0.3 is 10.6 Å². The van der Waals surface area contributed by atoms with Gasteiger partial charge in [0.25, 0.3) is 0 Å². The highest BCUT2D eigenvalue weighted by atomic mass is 79.9. The summed E-state index contributed by atoms with van der Waals surface area (Å²) >= 11 is 3.43. The number of carbonyl (C=O) groups is 1. The number of anilines is 1. The van der Waals surface area contributed by atoms with E-state index in [2.05, 4.69) is 26.6 Å². The third kappa shape index (κ3) is 2.76. The van der Waals surface area contributed by atoms with Crippen molar-refractivity contribution in [3.05, 3.63) is 28.2 Å². The van der Waals surface area contributed by atoms with E-state index in [1.165, 1.54) is 6.42 Å². The second kappa shape index (κ2) is 4.87. The van der Waals surface area contributed by atoms with Gasteiger partial charge >= 0.3 is 6.03 Å². The minimum atomic E-state index is -0.105. The molecule has 2 amide bonds. The Morgan fingerprint density at radius 1 is 1.44 bits per heavy atom. The topological polar surface area (TPSA) is 41.1 Å². The summed E-state index contributed by atoms with van der Waals surface area (Å²) in [5, 5.41) is 5.78. The van der Waals surface area contributed by atoms with Crippen LogP contribution in [0.5, 0.6) is 0 Å². The zero-order chi connectivity index (χ0) is 11.5. The molecule has 0 heterocycles. The quantitative estimate of drug-likeness (QED) is 0.857. The van der Waals surface area contributed by atoms with Crippen molar-refractivity contribution in [3.63, 3.8) is 0 Å². The molecule has 0 bridgehead atoms.